The van der Waals surface area contributed by atoms with Gasteiger partial charge in [0.15, 0.2) is 0 Å². The first-order chi connectivity index (χ1) is 12.5. The first kappa shape index (κ1) is 19.5. The van der Waals surface area contributed by atoms with Gasteiger partial charge < -0.3 is 4.74 Å². The number of hydrogen-bond donors (Lipinski definition) is 0. The molecule has 0 aromatic heterocycles. The lowest BCUT2D eigenvalue weighted by atomic mass is 9.70. The van der Waals surface area contributed by atoms with Gasteiger partial charge in [0, 0.05) is 12.0 Å². The van der Waals surface area contributed by atoms with E-state index in [1.165, 1.54) is 57.4 Å². The maximum atomic E-state index is 13.8. The molecule has 1 aliphatic rings. The SMILES string of the molecule is COc1ccc2c(c1)C(C)(C)C(C(F)(F)F)CN2S(=O)(=O)c1ccccc1. The third kappa shape index (κ3) is 3.26. The molecule has 3 rings (SSSR count). The summed E-state index contributed by atoms with van der Waals surface area (Å²) in [6.45, 7) is 2.29. The fraction of sp³-hybridized carbons (Fsp3) is 0.368. The molecule has 1 unspecified atom stereocenters. The molecule has 2 aromatic rings. The van der Waals surface area contributed by atoms with Crippen LogP contribution < -0.4 is 9.04 Å². The van der Waals surface area contributed by atoms with Gasteiger partial charge in [-0.05, 0) is 35.9 Å². The Kier molecular flexibility index (Phi) is 4.66. The monoisotopic (exact) mass is 399 g/mol. The van der Waals surface area contributed by atoms with E-state index in [4.69, 9.17) is 4.74 Å². The van der Waals surface area contributed by atoms with E-state index in [2.05, 4.69) is 0 Å². The number of rotatable bonds is 3. The van der Waals surface area contributed by atoms with E-state index in [0.717, 1.165) is 4.31 Å². The van der Waals surface area contributed by atoms with Crippen LogP contribution in [0, 0.1) is 5.92 Å². The van der Waals surface area contributed by atoms with Gasteiger partial charge in [-0.2, -0.15) is 13.2 Å². The van der Waals surface area contributed by atoms with Crippen molar-refractivity contribution in [3.8, 4) is 5.75 Å². The summed E-state index contributed by atoms with van der Waals surface area (Å²) in [7, 11) is -2.73. The molecule has 0 spiro atoms. The van der Waals surface area contributed by atoms with Crippen LogP contribution in [0.5, 0.6) is 5.75 Å². The van der Waals surface area contributed by atoms with Crippen molar-refractivity contribution in [2.24, 2.45) is 5.92 Å². The summed E-state index contributed by atoms with van der Waals surface area (Å²) in [5, 5.41) is 0. The number of benzene rings is 2. The third-order valence-corrected chi connectivity index (χ3v) is 6.91. The first-order valence-corrected chi connectivity index (χ1v) is 9.76. The molecular weight excluding hydrogens is 379 g/mol. The Labute approximate surface area is 156 Å². The number of halogens is 3. The Balaban J connectivity index is 2.24. The number of methoxy groups -OCH3 is 1. The molecule has 1 heterocycles. The van der Waals surface area contributed by atoms with E-state index < -0.39 is 34.1 Å². The van der Waals surface area contributed by atoms with Gasteiger partial charge in [-0.3, -0.25) is 4.31 Å². The van der Waals surface area contributed by atoms with Crippen LogP contribution in [-0.4, -0.2) is 28.2 Å². The van der Waals surface area contributed by atoms with Crippen molar-refractivity contribution in [1.82, 2.24) is 0 Å². The average molecular weight is 399 g/mol. The topological polar surface area (TPSA) is 46.6 Å². The predicted octanol–water partition coefficient (Wildman–Crippen LogP) is 4.36. The molecule has 0 bridgehead atoms. The molecule has 0 saturated carbocycles. The van der Waals surface area contributed by atoms with Gasteiger partial charge in [0.2, 0.25) is 0 Å². The summed E-state index contributed by atoms with van der Waals surface area (Å²) in [6.07, 6.45) is -4.56. The van der Waals surface area contributed by atoms with Crippen LogP contribution in [0.25, 0.3) is 0 Å². The van der Waals surface area contributed by atoms with Crippen LogP contribution in [-0.2, 0) is 15.4 Å². The van der Waals surface area contributed by atoms with Gasteiger partial charge >= 0.3 is 6.18 Å². The Morgan fingerprint density at radius 1 is 1.11 bits per heavy atom. The summed E-state index contributed by atoms with van der Waals surface area (Å²) >= 11 is 0. The number of ether oxygens (including phenoxy) is 1. The second-order valence-corrected chi connectivity index (χ2v) is 8.91. The van der Waals surface area contributed by atoms with Crippen LogP contribution in [0.4, 0.5) is 18.9 Å². The highest BCUT2D eigenvalue weighted by Gasteiger charge is 2.55. The van der Waals surface area contributed by atoms with Gasteiger partial charge in [-0.1, -0.05) is 32.0 Å². The van der Waals surface area contributed by atoms with Gasteiger partial charge in [-0.25, -0.2) is 8.42 Å². The summed E-state index contributed by atoms with van der Waals surface area (Å²) in [5.41, 5.74) is -0.787. The van der Waals surface area contributed by atoms with Crippen molar-refractivity contribution >= 4 is 15.7 Å². The van der Waals surface area contributed by atoms with E-state index in [9.17, 15) is 21.6 Å². The molecule has 8 heteroatoms. The number of fused-ring (bicyclic) bond motifs is 1. The molecule has 1 aliphatic heterocycles. The lowest BCUT2D eigenvalue weighted by Gasteiger charge is -2.45. The zero-order valence-corrected chi connectivity index (χ0v) is 15.9. The standard InChI is InChI=1S/C19H20F3NO3S/c1-18(2)15-11-13(26-3)9-10-16(15)23(12-17(18)19(20,21)22)27(24,25)14-7-5-4-6-8-14/h4-11,17H,12H2,1-3H3. The molecule has 2 aromatic carbocycles. The molecule has 146 valence electrons. The molecule has 0 radical (unpaired) electrons. The Morgan fingerprint density at radius 3 is 2.30 bits per heavy atom. The maximum absolute atomic E-state index is 13.8. The molecule has 0 aliphatic carbocycles. The van der Waals surface area contributed by atoms with Gasteiger partial charge in [0.1, 0.15) is 5.75 Å². The molecule has 4 nitrogen and oxygen atoms in total. The smallest absolute Gasteiger partial charge is 0.394 e. The van der Waals surface area contributed by atoms with Gasteiger partial charge in [0.25, 0.3) is 10.0 Å². The lowest BCUT2D eigenvalue weighted by Crippen LogP contribution is -2.52. The molecular formula is C19H20F3NO3S. The summed E-state index contributed by atoms with van der Waals surface area (Å²) in [4.78, 5) is -0.0487. The minimum atomic E-state index is -4.56. The van der Waals surface area contributed by atoms with Crippen LogP contribution in [0.1, 0.15) is 19.4 Å². The van der Waals surface area contributed by atoms with Gasteiger partial charge in [0.05, 0.1) is 23.6 Å². The minimum Gasteiger partial charge on any atom is -0.497 e. The predicted molar refractivity (Wildman–Crippen MR) is 96.5 cm³/mol. The van der Waals surface area contributed by atoms with Crippen molar-refractivity contribution in [2.45, 2.75) is 30.3 Å². The van der Waals surface area contributed by atoms with Crippen molar-refractivity contribution in [2.75, 3.05) is 18.0 Å². The Hall–Kier alpha value is -2.22. The maximum Gasteiger partial charge on any atom is 0.394 e. The third-order valence-electron chi connectivity index (χ3n) is 5.11. The van der Waals surface area contributed by atoms with Crippen LogP contribution in [0.3, 0.4) is 0 Å². The summed E-state index contributed by atoms with van der Waals surface area (Å²) < 4.78 is 73.7. The zero-order chi connectivity index (χ0) is 20.0. The van der Waals surface area contributed by atoms with E-state index in [1.54, 1.807) is 12.1 Å². The van der Waals surface area contributed by atoms with Crippen molar-refractivity contribution in [3.63, 3.8) is 0 Å². The summed E-state index contributed by atoms with van der Waals surface area (Å²) in [5.74, 6) is -1.48. The fourth-order valence-corrected chi connectivity index (χ4v) is 5.03. The molecule has 27 heavy (non-hydrogen) atoms. The molecule has 1 atom stereocenters. The van der Waals surface area contributed by atoms with E-state index in [0.29, 0.717) is 5.75 Å². The van der Waals surface area contributed by atoms with Crippen molar-refractivity contribution in [3.05, 3.63) is 54.1 Å². The van der Waals surface area contributed by atoms with E-state index in [-0.39, 0.29) is 16.1 Å². The second kappa shape index (κ2) is 6.44. The highest BCUT2D eigenvalue weighted by Crippen LogP contribution is 2.51. The minimum absolute atomic E-state index is 0.0487. The van der Waals surface area contributed by atoms with Crippen LogP contribution in [0.15, 0.2) is 53.4 Å². The number of sulfonamides is 1. The average Bonchev–Trinajstić information content (AvgIpc) is 2.61. The van der Waals surface area contributed by atoms with E-state index in [1.807, 2.05) is 0 Å². The lowest BCUT2D eigenvalue weighted by molar-refractivity contribution is -0.188. The van der Waals surface area contributed by atoms with E-state index >= 15 is 0 Å². The van der Waals surface area contributed by atoms with Crippen molar-refractivity contribution < 1.29 is 26.3 Å². The Morgan fingerprint density at radius 2 is 1.74 bits per heavy atom. The summed E-state index contributed by atoms with van der Waals surface area (Å²) in [6, 6.07) is 12.0. The normalized spacial score (nSPS) is 19.5. The fourth-order valence-electron chi connectivity index (χ4n) is 3.52. The van der Waals surface area contributed by atoms with Gasteiger partial charge in [-0.15, -0.1) is 0 Å². The zero-order valence-electron chi connectivity index (χ0n) is 15.1. The molecule has 0 amide bonds. The number of alkyl halides is 3. The molecule has 0 N–H and O–H groups in total. The second-order valence-electron chi connectivity index (χ2n) is 7.05. The van der Waals surface area contributed by atoms with Crippen LogP contribution >= 0.6 is 0 Å². The van der Waals surface area contributed by atoms with Crippen LogP contribution in [0.2, 0.25) is 0 Å². The highest BCUT2D eigenvalue weighted by molar-refractivity contribution is 7.92. The molecule has 0 saturated heterocycles. The Bertz CT molecular complexity index is 940. The first-order valence-electron chi connectivity index (χ1n) is 8.32. The van der Waals surface area contributed by atoms with Crippen molar-refractivity contribution in [1.29, 1.82) is 0 Å². The quantitative estimate of drug-likeness (QED) is 0.771. The molecule has 0 fully saturated rings. The number of nitrogens with zero attached hydrogens (tertiary/aromatic N) is 1. The largest absolute Gasteiger partial charge is 0.497 e. The highest BCUT2D eigenvalue weighted by atomic mass is 32.2. The number of hydrogen-bond acceptors (Lipinski definition) is 3. The number of anilines is 1.